The van der Waals surface area contributed by atoms with Gasteiger partial charge in [-0.1, -0.05) is 0 Å². The van der Waals surface area contributed by atoms with Gasteiger partial charge in [0.25, 0.3) is 0 Å². The molecule has 0 radical (unpaired) electrons. The first-order valence-corrected chi connectivity index (χ1v) is 10.5. The average Bonchev–Trinajstić information content (AvgIpc) is 3.49. The highest BCUT2D eigenvalue weighted by Crippen LogP contribution is 2.39. The van der Waals surface area contributed by atoms with Crippen molar-refractivity contribution in [3.8, 4) is 5.75 Å². The van der Waals surface area contributed by atoms with Crippen LogP contribution in [-0.2, 0) is 23.8 Å². The third-order valence-electron chi connectivity index (χ3n) is 6.05. The Morgan fingerprint density at radius 3 is 2.75 bits per heavy atom. The number of nitrogens with one attached hydrogen (secondary N) is 3. The lowest BCUT2D eigenvalue weighted by molar-refractivity contribution is -0.137. The second-order valence-electron chi connectivity index (χ2n) is 8.29. The van der Waals surface area contributed by atoms with Crippen LogP contribution in [-0.4, -0.2) is 34.0 Å². The van der Waals surface area contributed by atoms with Gasteiger partial charge in [-0.2, -0.15) is 13.2 Å². The Balaban J connectivity index is 1.51. The quantitative estimate of drug-likeness (QED) is 0.550. The number of aromatic amines is 1. The van der Waals surface area contributed by atoms with Gasteiger partial charge in [0, 0.05) is 17.7 Å². The van der Waals surface area contributed by atoms with Gasteiger partial charge in [-0.3, -0.25) is 4.79 Å². The number of hydrogen-bond donors (Lipinski definition) is 3. The highest BCUT2D eigenvalue weighted by molar-refractivity contribution is 5.94. The number of aromatic nitrogens is 3. The molecule has 2 aromatic heterocycles. The summed E-state index contributed by atoms with van der Waals surface area (Å²) in [6, 6.07) is 3.54. The first-order chi connectivity index (χ1) is 15.3. The number of ether oxygens (including phenoxy) is 1. The minimum Gasteiger partial charge on any atom is -0.495 e. The van der Waals surface area contributed by atoms with Crippen LogP contribution in [0.2, 0.25) is 0 Å². The smallest absolute Gasteiger partial charge is 0.416 e. The maximum Gasteiger partial charge on any atom is 0.416 e. The Bertz CT molecular complexity index is 1190. The molecule has 1 unspecified atom stereocenters. The summed E-state index contributed by atoms with van der Waals surface area (Å²) < 4.78 is 45.0. The third kappa shape index (κ3) is 3.85. The highest BCUT2D eigenvalue weighted by Gasteiger charge is 2.33. The van der Waals surface area contributed by atoms with Crippen LogP contribution in [0.25, 0.3) is 11.0 Å². The molecule has 0 aliphatic heterocycles. The van der Waals surface area contributed by atoms with E-state index in [0.29, 0.717) is 35.7 Å². The predicted octanol–water partition coefficient (Wildman–Crippen LogP) is 4.11. The van der Waals surface area contributed by atoms with Crippen LogP contribution >= 0.6 is 0 Å². The lowest BCUT2D eigenvalue weighted by Gasteiger charge is -2.22. The fraction of sp³-hybridized carbons (Fsp3) is 0.409. The summed E-state index contributed by atoms with van der Waals surface area (Å²) in [5.41, 5.74) is 1.85. The molecule has 0 bridgehead atoms. The molecule has 2 aliphatic rings. The van der Waals surface area contributed by atoms with Gasteiger partial charge < -0.3 is 20.4 Å². The van der Waals surface area contributed by atoms with Crippen molar-refractivity contribution in [1.82, 2.24) is 20.3 Å². The van der Waals surface area contributed by atoms with E-state index in [-0.39, 0.29) is 23.3 Å². The van der Waals surface area contributed by atoms with Crippen molar-refractivity contribution >= 4 is 28.4 Å². The number of rotatable bonds is 5. The Hall–Kier alpha value is -3.30. The number of hydrogen-bond acceptors (Lipinski definition) is 5. The molecule has 1 aromatic carbocycles. The first kappa shape index (κ1) is 20.6. The number of halogens is 3. The van der Waals surface area contributed by atoms with Crippen molar-refractivity contribution in [3.05, 3.63) is 41.3 Å². The number of anilines is 2. The van der Waals surface area contributed by atoms with Gasteiger partial charge in [0.1, 0.15) is 23.5 Å². The summed E-state index contributed by atoms with van der Waals surface area (Å²) in [7, 11) is 1.39. The molecular formula is C22H22F3N5O2. The van der Waals surface area contributed by atoms with E-state index in [1.807, 2.05) is 0 Å². The van der Waals surface area contributed by atoms with E-state index in [2.05, 4.69) is 25.6 Å². The maximum atomic E-state index is 13.2. The normalized spacial score (nSPS) is 18.3. The van der Waals surface area contributed by atoms with Gasteiger partial charge in [0.05, 0.1) is 23.7 Å². The van der Waals surface area contributed by atoms with E-state index in [0.717, 1.165) is 42.7 Å². The molecule has 0 saturated heterocycles. The van der Waals surface area contributed by atoms with Crippen molar-refractivity contribution in [2.75, 3.05) is 12.4 Å². The molecule has 10 heteroatoms. The van der Waals surface area contributed by atoms with Crippen LogP contribution in [0.3, 0.4) is 0 Å². The molecule has 1 fully saturated rings. The number of amides is 1. The van der Waals surface area contributed by atoms with Crippen LogP contribution in [0.15, 0.2) is 24.5 Å². The number of nitrogens with zero attached hydrogens (tertiary/aromatic N) is 2. The fourth-order valence-corrected chi connectivity index (χ4v) is 4.22. The van der Waals surface area contributed by atoms with E-state index in [1.165, 1.54) is 19.5 Å². The predicted molar refractivity (Wildman–Crippen MR) is 112 cm³/mol. The molecule has 1 amide bonds. The largest absolute Gasteiger partial charge is 0.495 e. The zero-order valence-electron chi connectivity index (χ0n) is 17.3. The monoisotopic (exact) mass is 445 g/mol. The van der Waals surface area contributed by atoms with E-state index >= 15 is 0 Å². The standard InChI is InChI=1S/C22H22F3N5O2/c1-32-17-7-3-12(22(23,24)25)9-16(17)30-20-18-14-8-11(21(31)28-13-4-5-13)2-6-15(14)29-19(18)26-10-27-20/h3,7,9-11,13H,2,4-6,8H2,1H3,(H,28,31)(H2,26,27,29,30). The van der Waals surface area contributed by atoms with Gasteiger partial charge in [-0.15, -0.1) is 0 Å². The summed E-state index contributed by atoms with van der Waals surface area (Å²) >= 11 is 0. The van der Waals surface area contributed by atoms with Crippen molar-refractivity contribution in [2.24, 2.45) is 5.92 Å². The topological polar surface area (TPSA) is 91.9 Å². The minimum atomic E-state index is -4.49. The van der Waals surface area contributed by atoms with Crippen LogP contribution in [0.1, 0.15) is 36.1 Å². The van der Waals surface area contributed by atoms with Gasteiger partial charge in [0.2, 0.25) is 5.91 Å². The van der Waals surface area contributed by atoms with Gasteiger partial charge in [-0.25, -0.2) is 9.97 Å². The maximum absolute atomic E-state index is 13.2. The Kier molecular flexibility index (Phi) is 4.94. The van der Waals surface area contributed by atoms with Gasteiger partial charge in [0.15, 0.2) is 0 Å². The van der Waals surface area contributed by atoms with Crippen molar-refractivity contribution in [3.63, 3.8) is 0 Å². The number of carbonyl (C=O) groups is 1. The van der Waals surface area contributed by atoms with Crippen LogP contribution in [0.5, 0.6) is 5.75 Å². The Morgan fingerprint density at radius 2 is 2.03 bits per heavy atom. The number of alkyl halides is 3. The van der Waals surface area contributed by atoms with Crippen molar-refractivity contribution in [1.29, 1.82) is 0 Å². The SMILES string of the molecule is COc1ccc(C(F)(F)F)cc1Nc1ncnc2[nH]c3c(c12)CC(C(=O)NC1CC1)CC3. The average molecular weight is 445 g/mol. The van der Waals surface area contributed by atoms with Gasteiger partial charge in [-0.05, 0) is 55.9 Å². The molecular weight excluding hydrogens is 423 g/mol. The Morgan fingerprint density at radius 1 is 1.22 bits per heavy atom. The summed E-state index contributed by atoms with van der Waals surface area (Å²) in [5, 5.41) is 6.76. The minimum absolute atomic E-state index is 0.0541. The lowest BCUT2D eigenvalue weighted by atomic mass is 9.86. The Labute approximate surface area is 181 Å². The fourth-order valence-electron chi connectivity index (χ4n) is 4.22. The number of H-pyrrole nitrogens is 1. The van der Waals surface area contributed by atoms with Crippen LogP contribution < -0.4 is 15.4 Å². The first-order valence-electron chi connectivity index (χ1n) is 10.5. The summed E-state index contributed by atoms with van der Waals surface area (Å²) in [5.74, 6) is 0.529. The summed E-state index contributed by atoms with van der Waals surface area (Å²) in [6.45, 7) is 0. The van der Waals surface area contributed by atoms with Gasteiger partial charge >= 0.3 is 6.18 Å². The molecule has 5 rings (SSSR count). The van der Waals surface area contributed by atoms with E-state index in [9.17, 15) is 18.0 Å². The molecule has 3 aromatic rings. The van der Waals surface area contributed by atoms with E-state index in [1.54, 1.807) is 0 Å². The van der Waals surface area contributed by atoms with Crippen molar-refractivity contribution < 1.29 is 22.7 Å². The molecule has 1 saturated carbocycles. The highest BCUT2D eigenvalue weighted by atomic mass is 19.4. The summed E-state index contributed by atoms with van der Waals surface area (Å²) in [4.78, 5) is 24.5. The number of fused-ring (bicyclic) bond motifs is 3. The third-order valence-corrected chi connectivity index (χ3v) is 6.05. The number of carbonyl (C=O) groups excluding carboxylic acids is 1. The molecule has 32 heavy (non-hydrogen) atoms. The molecule has 168 valence electrons. The molecule has 2 heterocycles. The lowest BCUT2D eigenvalue weighted by Crippen LogP contribution is -2.35. The zero-order valence-corrected chi connectivity index (χ0v) is 17.3. The molecule has 1 atom stereocenters. The number of benzene rings is 1. The second kappa shape index (κ2) is 7.68. The van der Waals surface area contributed by atoms with Crippen LogP contribution in [0, 0.1) is 5.92 Å². The zero-order chi connectivity index (χ0) is 22.5. The molecule has 0 spiro atoms. The second-order valence-corrected chi connectivity index (χ2v) is 8.29. The number of aryl methyl sites for hydroxylation is 1. The molecule has 3 N–H and O–H groups in total. The van der Waals surface area contributed by atoms with E-state index in [4.69, 9.17) is 4.74 Å². The molecule has 7 nitrogen and oxygen atoms in total. The summed E-state index contributed by atoms with van der Waals surface area (Å²) in [6.07, 6.45) is 0.866. The number of methoxy groups -OCH3 is 1. The van der Waals surface area contributed by atoms with E-state index < -0.39 is 11.7 Å². The molecule has 2 aliphatic carbocycles. The van der Waals surface area contributed by atoms with Crippen LogP contribution in [0.4, 0.5) is 24.7 Å². The van der Waals surface area contributed by atoms with Crippen molar-refractivity contribution in [2.45, 2.75) is 44.3 Å².